The van der Waals surface area contributed by atoms with Gasteiger partial charge in [-0.3, -0.25) is 0 Å². The van der Waals surface area contributed by atoms with Crippen LogP contribution in [0.15, 0.2) is 28.8 Å². The van der Waals surface area contributed by atoms with Crippen LogP contribution in [0.5, 0.6) is 0 Å². The van der Waals surface area contributed by atoms with Gasteiger partial charge in [-0.05, 0) is 12.5 Å². The number of halogens is 4. The summed E-state index contributed by atoms with van der Waals surface area (Å²) < 4.78 is 42.2. The lowest BCUT2D eigenvalue weighted by molar-refractivity contribution is -0.151. The van der Waals surface area contributed by atoms with Gasteiger partial charge in [0.2, 0.25) is 11.7 Å². The number of nitrogens with zero attached hydrogens (tertiary/aromatic N) is 2. The van der Waals surface area contributed by atoms with Crippen LogP contribution < -0.4 is 0 Å². The van der Waals surface area contributed by atoms with Crippen LogP contribution >= 0.6 is 15.9 Å². The predicted molar refractivity (Wildman–Crippen MR) is 66.8 cm³/mol. The lowest BCUT2D eigenvalue weighted by atomic mass is 10.1. The third kappa shape index (κ3) is 3.15. The van der Waals surface area contributed by atoms with E-state index in [1.807, 2.05) is 12.1 Å². The highest BCUT2D eigenvalue weighted by Gasteiger charge is 2.41. The van der Waals surface area contributed by atoms with Gasteiger partial charge in [0.05, 0.1) is 0 Å². The molecular formula is C12H10BrF3N2O. The number of benzene rings is 1. The van der Waals surface area contributed by atoms with Crippen LogP contribution in [0.25, 0.3) is 11.4 Å². The summed E-state index contributed by atoms with van der Waals surface area (Å²) in [6, 6.07) is 7.16. The van der Waals surface area contributed by atoms with Gasteiger partial charge in [0.15, 0.2) is 0 Å². The van der Waals surface area contributed by atoms with E-state index in [0.29, 0.717) is 10.9 Å². The van der Waals surface area contributed by atoms with Gasteiger partial charge in [-0.15, -0.1) is 0 Å². The van der Waals surface area contributed by atoms with E-state index in [1.54, 1.807) is 12.1 Å². The molecule has 102 valence electrons. The van der Waals surface area contributed by atoms with E-state index in [1.165, 1.54) is 0 Å². The first-order valence-electron chi connectivity index (χ1n) is 5.47. The van der Waals surface area contributed by atoms with Crippen molar-refractivity contribution in [3.8, 4) is 11.4 Å². The maximum absolute atomic E-state index is 12.5. The molecule has 0 aliphatic rings. The summed E-state index contributed by atoms with van der Waals surface area (Å²) in [7, 11) is 0. The minimum absolute atomic E-state index is 0.159. The molecule has 0 aliphatic heterocycles. The SMILES string of the molecule is CC(c1nc(-c2ccc(CBr)cc2)no1)C(F)(F)F. The molecule has 0 fully saturated rings. The summed E-state index contributed by atoms with van der Waals surface area (Å²) in [5.74, 6) is -2.03. The highest BCUT2D eigenvalue weighted by Crippen LogP contribution is 2.34. The average molecular weight is 335 g/mol. The second kappa shape index (κ2) is 5.32. The lowest BCUT2D eigenvalue weighted by Crippen LogP contribution is -2.17. The minimum atomic E-state index is -4.39. The molecule has 1 atom stereocenters. The fourth-order valence-electron chi connectivity index (χ4n) is 1.41. The van der Waals surface area contributed by atoms with Crippen molar-refractivity contribution in [1.29, 1.82) is 0 Å². The number of aromatic nitrogens is 2. The molecule has 2 rings (SSSR count). The molecule has 0 saturated heterocycles. The average Bonchev–Trinajstić information content (AvgIpc) is 2.86. The molecular weight excluding hydrogens is 325 g/mol. The molecule has 0 amide bonds. The molecule has 0 bridgehead atoms. The highest BCUT2D eigenvalue weighted by atomic mass is 79.9. The highest BCUT2D eigenvalue weighted by molar-refractivity contribution is 9.08. The largest absolute Gasteiger partial charge is 0.400 e. The third-order valence-corrected chi connectivity index (χ3v) is 3.32. The van der Waals surface area contributed by atoms with Crippen LogP contribution in [0, 0.1) is 0 Å². The maximum Gasteiger partial charge on any atom is 0.400 e. The van der Waals surface area contributed by atoms with Crippen molar-refractivity contribution < 1.29 is 17.7 Å². The second-order valence-electron chi connectivity index (χ2n) is 4.05. The normalized spacial score (nSPS) is 13.5. The molecule has 1 heterocycles. The predicted octanol–water partition coefficient (Wildman–Crippen LogP) is 4.30. The Kier molecular flexibility index (Phi) is 3.93. The van der Waals surface area contributed by atoms with E-state index < -0.39 is 18.0 Å². The van der Waals surface area contributed by atoms with Crippen LogP contribution in [0.4, 0.5) is 13.2 Å². The molecule has 0 aliphatic carbocycles. The summed E-state index contributed by atoms with van der Waals surface area (Å²) in [6.07, 6.45) is -4.39. The van der Waals surface area contributed by atoms with Gasteiger partial charge in [-0.1, -0.05) is 45.4 Å². The van der Waals surface area contributed by atoms with Crippen molar-refractivity contribution in [2.75, 3.05) is 0 Å². The van der Waals surface area contributed by atoms with E-state index in [2.05, 4.69) is 30.6 Å². The van der Waals surface area contributed by atoms with E-state index in [-0.39, 0.29) is 5.82 Å². The zero-order chi connectivity index (χ0) is 14.0. The van der Waals surface area contributed by atoms with Crippen LogP contribution in [-0.2, 0) is 5.33 Å². The molecule has 1 aromatic heterocycles. The Morgan fingerprint density at radius 2 is 1.89 bits per heavy atom. The van der Waals surface area contributed by atoms with Crippen molar-refractivity contribution in [3.63, 3.8) is 0 Å². The third-order valence-electron chi connectivity index (χ3n) is 2.67. The Hall–Kier alpha value is -1.37. The van der Waals surface area contributed by atoms with Gasteiger partial charge in [-0.25, -0.2) is 0 Å². The number of alkyl halides is 4. The second-order valence-corrected chi connectivity index (χ2v) is 4.61. The van der Waals surface area contributed by atoms with Crippen molar-refractivity contribution in [3.05, 3.63) is 35.7 Å². The Labute approximate surface area is 115 Å². The first kappa shape index (κ1) is 14.0. The monoisotopic (exact) mass is 334 g/mol. The van der Waals surface area contributed by atoms with Gasteiger partial charge in [0, 0.05) is 10.9 Å². The summed E-state index contributed by atoms with van der Waals surface area (Å²) in [6.45, 7) is 0.991. The van der Waals surface area contributed by atoms with Crippen LogP contribution in [0.1, 0.15) is 24.3 Å². The molecule has 0 saturated carbocycles. The molecule has 0 spiro atoms. The van der Waals surface area contributed by atoms with Gasteiger partial charge in [-0.2, -0.15) is 18.2 Å². The fourth-order valence-corrected chi connectivity index (χ4v) is 1.79. The van der Waals surface area contributed by atoms with Crippen molar-refractivity contribution >= 4 is 15.9 Å². The minimum Gasteiger partial charge on any atom is -0.338 e. The molecule has 7 heteroatoms. The molecule has 3 nitrogen and oxygen atoms in total. The van der Waals surface area contributed by atoms with Gasteiger partial charge in [0.25, 0.3) is 0 Å². The summed E-state index contributed by atoms with van der Waals surface area (Å²) in [5.41, 5.74) is 1.67. The Balaban J connectivity index is 2.25. The van der Waals surface area contributed by atoms with Crippen LogP contribution in [0.2, 0.25) is 0 Å². The topological polar surface area (TPSA) is 38.9 Å². The first-order valence-corrected chi connectivity index (χ1v) is 6.59. The zero-order valence-corrected chi connectivity index (χ0v) is 11.5. The quantitative estimate of drug-likeness (QED) is 0.785. The molecule has 0 N–H and O–H groups in total. The Bertz CT molecular complexity index is 551. The number of hydrogen-bond acceptors (Lipinski definition) is 3. The van der Waals surface area contributed by atoms with Crippen LogP contribution in [-0.4, -0.2) is 16.3 Å². The number of rotatable bonds is 3. The molecule has 0 radical (unpaired) electrons. The molecule has 2 aromatic rings. The standard InChI is InChI=1S/C12H10BrF3N2O/c1-7(12(14,15)16)11-17-10(18-19-11)9-4-2-8(6-13)3-5-9/h2-5,7H,6H2,1H3. The molecule has 1 aromatic carbocycles. The Morgan fingerprint density at radius 3 is 2.42 bits per heavy atom. The van der Waals surface area contributed by atoms with Crippen molar-refractivity contribution in [1.82, 2.24) is 10.1 Å². The Morgan fingerprint density at radius 1 is 1.26 bits per heavy atom. The number of hydrogen-bond donors (Lipinski definition) is 0. The molecule has 19 heavy (non-hydrogen) atoms. The van der Waals surface area contributed by atoms with Crippen molar-refractivity contribution in [2.45, 2.75) is 24.3 Å². The van der Waals surface area contributed by atoms with E-state index in [4.69, 9.17) is 0 Å². The smallest absolute Gasteiger partial charge is 0.338 e. The maximum atomic E-state index is 12.5. The van der Waals surface area contributed by atoms with Crippen molar-refractivity contribution in [2.24, 2.45) is 0 Å². The first-order chi connectivity index (χ1) is 8.91. The van der Waals surface area contributed by atoms with E-state index in [0.717, 1.165) is 12.5 Å². The summed E-state index contributed by atoms with van der Waals surface area (Å²) in [4.78, 5) is 3.79. The van der Waals surface area contributed by atoms with E-state index in [9.17, 15) is 13.2 Å². The van der Waals surface area contributed by atoms with Crippen LogP contribution in [0.3, 0.4) is 0 Å². The zero-order valence-electron chi connectivity index (χ0n) is 9.91. The lowest BCUT2D eigenvalue weighted by Gasteiger charge is -2.09. The van der Waals surface area contributed by atoms with E-state index >= 15 is 0 Å². The van der Waals surface area contributed by atoms with Gasteiger partial charge in [0.1, 0.15) is 5.92 Å². The fraction of sp³-hybridized carbons (Fsp3) is 0.333. The van der Waals surface area contributed by atoms with Gasteiger partial charge < -0.3 is 4.52 Å². The summed E-state index contributed by atoms with van der Waals surface area (Å²) in [5, 5.41) is 4.28. The van der Waals surface area contributed by atoms with Gasteiger partial charge >= 0.3 is 6.18 Å². The summed E-state index contributed by atoms with van der Waals surface area (Å²) >= 11 is 3.31. The molecule has 1 unspecified atom stereocenters.